The number of benzene rings is 1. The van der Waals surface area contributed by atoms with Crippen molar-refractivity contribution in [3.05, 3.63) is 48.0 Å². The van der Waals surface area contributed by atoms with E-state index in [1.54, 1.807) is 0 Å². The zero-order valence-electron chi connectivity index (χ0n) is 13.5. The van der Waals surface area contributed by atoms with Crippen LogP contribution in [0.3, 0.4) is 0 Å². The van der Waals surface area contributed by atoms with Gasteiger partial charge in [-0.2, -0.15) is 0 Å². The average molecular weight is 299 g/mol. The molecule has 0 aliphatic carbocycles. The van der Waals surface area contributed by atoms with Crippen LogP contribution < -0.4 is 10.1 Å². The van der Waals surface area contributed by atoms with Crippen LogP contribution in [-0.4, -0.2) is 22.7 Å². The summed E-state index contributed by atoms with van der Waals surface area (Å²) in [5.74, 6) is 1.60. The summed E-state index contributed by atoms with van der Waals surface area (Å²) < 4.78 is 8.08. The molecular weight excluding hydrogens is 274 g/mol. The number of nitrogens with one attached hydrogen (secondary N) is 1. The van der Waals surface area contributed by atoms with Crippen LogP contribution >= 0.6 is 0 Å². The lowest BCUT2D eigenvalue weighted by Gasteiger charge is -2.29. The van der Waals surface area contributed by atoms with Crippen molar-refractivity contribution in [2.45, 2.75) is 45.2 Å². The largest absolute Gasteiger partial charge is 0.493 e. The Morgan fingerprint density at radius 3 is 3.09 bits per heavy atom. The van der Waals surface area contributed by atoms with Crippen LogP contribution in [0.5, 0.6) is 5.75 Å². The van der Waals surface area contributed by atoms with Crippen molar-refractivity contribution < 1.29 is 4.74 Å². The summed E-state index contributed by atoms with van der Waals surface area (Å²) in [6.45, 7) is 7.27. The van der Waals surface area contributed by atoms with Gasteiger partial charge in [-0.25, -0.2) is 4.98 Å². The van der Waals surface area contributed by atoms with Crippen LogP contribution in [0.1, 0.15) is 49.8 Å². The van der Waals surface area contributed by atoms with Gasteiger partial charge < -0.3 is 14.6 Å². The van der Waals surface area contributed by atoms with Crippen LogP contribution in [0.4, 0.5) is 0 Å². The maximum Gasteiger partial charge on any atom is 0.127 e. The lowest BCUT2D eigenvalue weighted by Crippen LogP contribution is -2.28. The number of fused-ring (bicyclic) bond motifs is 1. The van der Waals surface area contributed by atoms with E-state index in [-0.39, 0.29) is 0 Å². The highest BCUT2D eigenvalue weighted by atomic mass is 16.5. The Balaban J connectivity index is 1.61. The van der Waals surface area contributed by atoms with Crippen LogP contribution in [0, 0.1) is 0 Å². The molecule has 0 radical (unpaired) electrons. The first-order chi connectivity index (χ1) is 10.8. The van der Waals surface area contributed by atoms with E-state index in [1.807, 2.05) is 18.7 Å². The zero-order chi connectivity index (χ0) is 15.4. The van der Waals surface area contributed by atoms with Crippen LogP contribution in [0.25, 0.3) is 0 Å². The molecule has 1 aromatic carbocycles. The molecule has 3 rings (SSSR count). The molecule has 2 aromatic rings. The van der Waals surface area contributed by atoms with E-state index >= 15 is 0 Å². The van der Waals surface area contributed by atoms with E-state index in [1.165, 1.54) is 11.1 Å². The fourth-order valence-corrected chi connectivity index (χ4v) is 3.07. The summed E-state index contributed by atoms with van der Waals surface area (Å²) in [6.07, 6.45) is 7.86. The van der Waals surface area contributed by atoms with Crippen LogP contribution in [-0.2, 0) is 6.54 Å². The number of aromatic nitrogens is 2. The van der Waals surface area contributed by atoms with Crippen molar-refractivity contribution in [1.29, 1.82) is 0 Å². The number of imidazole rings is 1. The first kappa shape index (κ1) is 15.1. The quantitative estimate of drug-likeness (QED) is 0.830. The van der Waals surface area contributed by atoms with Gasteiger partial charge in [-0.05, 0) is 24.4 Å². The average Bonchev–Trinajstić information content (AvgIpc) is 3.04. The second kappa shape index (κ2) is 6.97. The van der Waals surface area contributed by atoms with E-state index in [0.29, 0.717) is 12.0 Å². The minimum Gasteiger partial charge on any atom is -0.493 e. The van der Waals surface area contributed by atoms with E-state index in [2.05, 4.69) is 46.9 Å². The molecule has 1 aromatic heterocycles. The van der Waals surface area contributed by atoms with Gasteiger partial charge in [0.25, 0.3) is 0 Å². The maximum atomic E-state index is 5.96. The molecule has 0 bridgehead atoms. The Morgan fingerprint density at radius 2 is 2.32 bits per heavy atom. The number of para-hydroxylation sites is 1. The van der Waals surface area contributed by atoms with Crippen LogP contribution in [0.15, 0.2) is 36.9 Å². The van der Waals surface area contributed by atoms with Crippen LogP contribution in [0.2, 0.25) is 0 Å². The van der Waals surface area contributed by atoms with Gasteiger partial charge >= 0.3 is 0 Å². The van der Waals surface area contributed by atoms with Crippen molar-refractivity contribution in [3.8, 4) is 5.75 Å². The van der Waals surface area contributed by atoms with Gasteiger partial charge in [0.15, 0.2) is 0 Å². The summed E-state index contributed by atoms with van der Waals surface area (Å²) in [5.41, 5.74) is 2.64. The SMILES string of the molecule is CC(C)c1cccc2c1OCCC2NCCCn1ccnc1. The second-order valence-corrected chi connectivity index (χ2v) is 6.22. The molecule has 1 N–H and O–H groups in total. The van der Waals surface area contributed by atoms with Gasteiger partial charge in [-0.1, -0.05) is 32.0 Å². The van der Waals surface area contributed by atoms with Gasteiger partial charge in [-0.15, -0.1) is 0 Å². The molecule has 22 heavy (non-hydrogen) atoms. The minimum absolute atomic E-state index is 0.408. The number of hydrogen-bond donors (Lipinski definition) is 1. The molecule has 1 atom stereocenters. The number of rotatable bonds is 6. The molecule has 0 saturated carbocycles. The summed E-state index contributed by atoms with van der Waals surface area (Å²) in [7, 11) is 0. The minimum atomic E-state index is 0.408. The zero-order valence-corrected chi connectivity index (χ0v) is 13.5. The standard InChI is InChI=1S/C18H25N3O/c1-14(2)15-5-3-6-16-17(7-12-22-18(15)16)20-8-4-10-21-11-9-19-13-21/h3,5-6,9,11,13-14,17,20H,4,7-8,10,12H2,1-2H3. The highest BCUT2D eigenvalue weighted by Gasteiger charge is 2.23. The number of hydrogen-bond acceptors (Lipinski definition) is 3. The van der Waals surface area contributed by atoms with Crippen molar-refractivity contribution >= 4 is 0 Å². The third kappa shape index (κ3) is 3.33. The molecule has 0 saturated heterocycles. The Morgan fingerprint density at radius 1 is 1.41 bits per heavy atom. The summed E-state index contributed by atoms with van der Waals surface area (Å²) >= 11 is 0. The molecule has 0 fully saturated rings. The summed E-state index contributed by atoms with van der Waals surface area (Å²) in [4.78, 5) is 4.07. The van der Waals surface area contributed by atoms with Gasteiger partial charge in [0, 0.05) is 37.0 Å². The normalized spacial score (nSPS) is 17.3. The van der Waals surface area contributed by atoms with Gasteiger partial charge in [0.2, 0.25) is 0 Å². The van der Waals surface area contributed by atoms with Crippen molar-refractivity contribution in [2.24, 2.45) is 0 Å². The Kier molecular flexibility index (Phi) is 4.78. The predicted molar refractivity (Wildman–Crippen MR) is 88.2 cm³/mol. The lowest BCUT2D eigenvalue weighted by atomic mass is 9.93. The lowest BCUT2D eigenvalue weighted by molar-refractivity contribution is 0.249. The van der Waals surface area contributed by atoms with E-state index in [4.69, 9.17) is 4.74 Å². The smallest absolute Gasteiger partial charge is 0.127 e. The Bertz CT molecular complexity index is 592. The molecule has 0 spiro atoms. The second-order valence-electron chi connectivity index (χ2n) is 6.22. The fraction of sp³-hybridized carbons (Fsp3) is 0.500. The van der Waals surface area contributed by atoms with E-state index in [0.717, 1.165) is 38.3 Å². The highest BCUT2D eigenvalue weighted by Crippen LogP contribution is 2.37. The fourth-order valence-electron chi connectivity index (χ4n) is 3.07. The third-order valence-corrected chi connectivity index (χ3v) is 4.27. The number of ether oxygens (including phenoxy) is 1. The molecular formula is C18H25N3O. The molecule has 2 heterocycles. The number of aryl methyl sites for hydroxylation is 1. The highest BCUT2D eigenvalue weighted by molar-refractivity contribution is 5.46. The molecule has 118 valence electrons. The third-order valence-electron chi connectivity index (χ3n) is 4.27. The van der Waals surface area contributed by atoms with E-state index < -0.39 is 0 Å². The molecule has 4 heteroatoms. The van der Waals surface area contributed by atoms with Gasteiger partial charge in [-0.3, -0.25) is 0 Å². The van der Waals surface area contributed by atoms with E-state index in [9.17, 15) is 0 Å². The van der Waals surface area contributed by atoms with Gasteiger partial charge in [0.1, 0.15) is 5.75 Å². The van der Waals surface area contributed by atoms with Gasteiger partial charge in [0.05, 0.1) is 12.9 Å². The van der Waals surface area contributed by atoms with Crippen molar-refractivity contribution in [1.82, 2.24) is 14.9 Å². The summed E-state index contributed by atoms with van der Waals surface area (Å²) in [6, 6.07) is 6.95. The van der Waals surface area contributed by atoms with Crippen molar-refractivity contribution in [2.75, 3.05) is 13.2 Å². The van der Waals surface area contributed by atoms with Crippen molar-refractivity contribution in [3.63, 3.8) is 0 Å². The first-order valence-electron chi connectivity index (χ1n) is 8.20. The molecule has 1 aliphatic heterocycles. The molecule has 1 unspecified atom stereocenters. The summed E-state index contributed by atoms with van der Waals surface area (Å²) in [5, 5.41) is 3.69. The monoisotopic (exact) mass is 299 g/mol. The number of nitrogens with zero attached hydrogens (tertiary/aromatic N) is 2. The Hall–Kier alpha value is -1.81. The first-order valence-corrected chi connectivity index (χ1v) is 8.20. The predicted octanol–water partition coefficient (Wildman–Crippen LogP) is 3.51. The molecule has 0 amide bonds. The maximum absolute atomic E-state index is 5.96. The topological polar surface area (TPSA) is 39.1 Å². The molecule has 4 nitrogen and oxygen atoms in total. The molecule has 1 aliphatic rings. The Labute approximate surface area is 132 Å².